The van der Waals surface area contributed by atoms with Gasteiger partial charge in [0.1, 0.15) is 11.6 Å². The standard InChI is InChI=1S/C12H7ClFO2/c13-9-7-8(14)5-6-11(9)16-12-4-2-1-3-10(12)15/h1-4,6-7,15H. The van der Waals surface area contributed by atoms with Gasteiger partial charge in [-0.3, -0.25) is 0 Å². The third-order valence-corrected chi connectivity index (χ3v) is 2.21. The summed E-state index contributed by atoms with van der Waals surface area (Å²) in [5.74, 6) is -0.0773. The highest BCUT2D eigenvalue weighted by atomic mass is 35.5. The Balaban J connectivity index is 2.31. The summed E-state index contributed by atoms with van der Waals surface area (Å²) in [4.78, 5) is 0. The Hall–Kier alpha value is -1.74. The number of phenols is 1. The Morgan fingerprint density at radius 3 is 2.69 bits per heavy atom. The second-order valence-corrected chi connectivity index (χ2v) is 3.47. The lowest BCUT2D eigenvalue weighted by Gasteiger charge is -2.08. The van der Waals surface area contributed by atoms with Crippen LogP contribution in [0.5, 0.6) is 17.2 Å². The van der Waals surface area contributed by atoms with E-state index in [0.717, 1.165) is 6.07 Å². The van der Waals surface area contributed by atoms with Gasteiger partial charge >= 0.3 is 0 Å². The monoisotopic (exact) mass is 237 g/mol. The third-order valence-electron chi connectivity index (χ3n) is 1.92. The minimum atomic E-state index is -0.561. The SMILES string of the molecule is Oc1ccccc1Oc1c[c]c(F)cc1Cl. The summed E-state index contributed by atoms with van der Waals surface area (Å²) in [6.07, 6.45) is 0. The van der Waals surface area contributed by atoms with Crippen LogP contribution in [-0.4, -0.2) is 5.11 Å². The van der Waals surface area contributed by atoms with Crippen molar-refractivity contribution in [3.05, 3.63) is 53.3 Å². The fourth-order valence-corrected chi connectivity index (χ4v) is 1.36. The van der Waals surface area contributed by atoms with Gasteiger partial charge in [-0.15, -0.1) is 0 Å². The summed E-state index contributed by atoms with van der Waals surface area (Å²) < 4.78 is 18.0. The number of hydrogen-bond donors (Lipinski definition) is 1. The first-order valence-corrected chi connectivity index (χ1v) is 4.87. The van der Waals surface area contributed by atoms with E-state index in [2.05, 4.69) is 6.07 Å². The predicted molar refractivity (Wildman–Crippen MR) is 58.4 cm³/mol. The molecule has 0 aliphatic rings. The molecule has 2 rings (SSSR count). The van der Waals surface area contributed by atoms with Gasteiger partial charge in [-0.05, 0) is 24.3 Å². The van der Waals surface area contributed by atoms with E-state index in [-0.39, 0.29) is 22.3 Å². The minimum Gasteiger partial charge on any atom is -0.504 e. The molecule has 0 spiro atoms. The number of para-hydroxylation sites is 2. The van der Waals surface area contributed by atoms with Crippen molar-refractivity contribution >= 4 is 11.6 Å². The van der Waals surface area contributed by atoms with E-state index in [4.69, 9.17) is 16.3 Å². The van der Waals surface area contributed by atoms with Crippen molar-refractivity contribution in [1.82, 2.24) is 0 Å². The number of rotatable bonds is 2. The van der Waals surface area contributed by atoms with Gasteiger partial charge in [-0.25, -0.2) is 4.39 Å². The first-order chi connectivity index (χ1) is 7.66. The summed E-state index contributed by atoms with van der Waals surface area (Å²) in [6.45, 7) is 0. The van der Waals surface area contributed by atoms with Crippen LogP contribution in [0.1, 0.15) is 0 Å². The van der Waals surface area contributed by atoms with E-state index in [1.54, 1.807) is 18.2 Å². The molecule has 1 N–H and O–H groups in total. The minimum absolute atomic E-state index is 0.0112. The zero-order chi connectivity index (χ0) is 11.5. The number of hydrogen-bond acceptors (Lipinski definition) is 2. The van der Waals surface area contributed by atoms with Crippen LogP contribution in [0.25, 0.3) is 0 Å². The fraction of sp³-hybridized carbons (Fsp3) is 0. The van der Waals surface area contributed by atoms with Gasteiger partial charge in [0.05, 0.1) is 5.02 Å². The summed E-state index contributed by atoms with van der Waals surface area (Å²) in [6, 6.07) is 11.1. The van der Waals surface area contributed by atoms with Gasteiger partial charge in [0.2, 0.25) is 0 Å². The Morgan fingerprint density at radius 1 is 1.25 bits per heavy atom. The fourth-order valence-electron chi connectivity index (χ4n) is 1.17. The lowest BCUT2D eigenvalue weighted by molar-refractivity contribution is 0.411. The molecule has 0 heterocycles. The van der Waals surface area contributed by atoms with Gasteiger partial charge in [0.25, 0.3) is 0 Å². The molecular formula is C12H7ClFO2. The molecule has 0 amide bonds. The molecule has 81 valence electrons. The van der Waals surface area contributed by atoms with Crippen LogP contribution in [0.2, 0.25) is 5.02 Å². The molecule has 4 heteroatoms. The molecule has 0 bridgehead atoms. The molecule has 2 nitrogen and oxygen atoms in total. The van der Waals surface area contributed by atoms with Gasteiger partial charge in [-0.1, -0.05) is 23.7 Å². The average Bonchev–Trinajstić information content (AvgIpc) is 2.25. The molecule has 0 saturated heterocycles. The quantitative estimate of drug-likeness (QED) is 0.861. The highest BCUT2D eigenvalue weighted by Crippen LogP contribution is 2.33. The van der Waals surface area contributed by atoms with Gasteiger partial charge in [0, 0.05) is 6.07 Å². The Kier molecular flexibility index (Phi) is 2.97. The van der Waals surface area contributed by atoms with Crippen molar-refractivity contribution in [3.8, 4) is 17.2 Å². The normalized spacial score (nSPS) is 10.1. The van der Waals surface area contributed by atoms with Gasteiger partial charge in [-0.2, -0.15) is 0 Å². The zero-order valence-electron chi connectivity index (χ0n) is 8.08. The van der Waals surface area contributed by atoms with Crippen LogP contribution in [0.15, 0.2) is 36.4 Å². The highest BCUT2D eigenvalue weighted by molar-refractivity contribution is 6.32. The molecule has 0 aliphatic heterocycles. The van der Waals surface area contributed by atoms with E-state index in [0.29, 0.717) is 0 Å². The number of aromatic hydroxyl groups is 1. The summed E-state index contributed by atoms with van der Waals surface area (Å²) in [5.41, 5.74) is 0. The van der Waals surface area contributed by atoms with Crippen molar-refractivity contribution < 1.29 is 14.2 Å². The highest BCUT2D eigenvalue weighted by Gasteiger charge is 2.07. The molecule has 0 atom stereocenters. The predicted octanol–water partition coefficient (Wildman–Crippen LogP) is 3.78. The molecule has 2 aromatic rings. The van der Waals surface area contributed by atoms with Crippen molar-refractivity contribution in [2.45, 2.75) is 0 Å². The molecule has 2 aromatic carbocycles. The van der Waals surface area contributed by atoms with Crippen LogP contribution in [0.4, 0.5) is 4.39 Å². The molecule has 1 radical (unpaired) electrons. The largest absolute Gasteiger partial charge is 0.504 e. The van der Waals surface area contributed by atoms with Crippen molar-refractivity contribution in [2.75, 3.05) is 0 Å². The molecule has 0 fully saturated rings. The van der Waals surface area contributed by atoms with E-state index >= 15 is 0 Å². The molecule has 0 saturated carbocycles. The Bertz CT molecular complexity index is 514. The maximum absolute atomic E-state index is 12.7. The van der Waals surface area contributed by atoms with Crippen molar-refractivity contribution in [3.63, 3.8) is 0 Å². The van der Waals surface area contributed by atoms with E-state index in [9.17, 15) is 9.50 Å². The third kappa shape index (κ3) is 2.25. The number of halogens is 2. The molecule has 0 unspecified atom stereocenters. The lowest BCUT2D eigenvalue weighted by Crippen LogP contribution is -1.86. The molecule has 16 heavy (non-hydrogen) atoms. The first-order valence-electron chi connectivity index (χ1n) is 4.49. The lowest BCUT2D eigenvalue weighted by atomic mass is 10.3. The second kappa shape index (κ2) is 4.41. The zero-order valence-corrected chi connectivity index (χ0v) is 8.83. The molecule has 0 aromatic heterocycles. The van der Waals surface area contributed by atoms with E-state index in [1.165, 1.54) is 12.1 Å². The average molecular weight is 238 g/mol. The van der Waals surface area contributed by atoms with Crippen LogP contribution in [0, 0.1) is 11.9 Å². The van der Waals surface area contributed by atoms with Gasteiger partial charge < -0.3 is 9.84 Å². The number of ether oxygens (including phenoxy) is 1. The van der Waals surface area contributed by atoms with Crippen LogP contribution < -0.4 is 4.74 Å². The summed E-state index contributed by atoms with van der Waals surface area (Å²) >= 11 is 5.77. The number of phenolic OH excluding ortho intramolecular Hbond substituents is 1. The first kappa shape index (κ1) is 10.8. The second-order valence-electron chi connectivity index (χ2n) is 3.06. The maximum Gasteiger partial charge on any atom is 0.169 e. The molecular weight excluding hydrogens is 231 g/mol. The summed E-state index contributed by atoms with van der Waals surface area (Å²) in [5, 5.41) is 9.59. The Morgan fingerprint density at radius 2 is 2.00 bits per heavy atom. The summed E-state index contributed by atoms with van der Waals surface area (Å²) in [7, 11) is 0. The van der Waals surface area contributed by atoms with Gasteiger partial charge in [0.15, 0.2) is 11.5 Å². The van der Waals surface area contributed by atoms with Crippen molar-refractivity contribution in [1.29, 1.82) is 0 Å². The van der Waals surface area contributed by atoms with Crippen LogP contribution >= 0.6 is 11.6 Å². The number of benzene rings is 2. The van der Waals surface area contributed by atoms with E-state index < -0.39 is 5.82 Å². The van der Waals surface area contributed by atoms with E-state index in [1.807, 2.05) is 0 Å². The Labute approximate surface area is 96.9 Å². The molecule has 0 aliphatic carbocycles. The van der Waals surface area contributed by atoms with Crippen LogP contribution in [0.3, 0.4) is 0 Å². The maximum atomic E-state index is 12.7. The smallest absolute Gasteiger partial charge is 0.169 e. The van der Waals surface area contributed by atoms with Crippen molar-refractivity contribution in [2.24, 2.45) is 0 Å². The van der Waals surface area contributed by atoms with Crippen LogP contribution in [-0.2, 0) is 0 Å². The topological polar surface area (TPSA) is 29.5 Å².